The number of anilines is 2. The third kappa shape index (κ3) is 3.64. The van der Waals surface area contributed by atoms with Gasteiger partial charge in [0.2, 0.25) is 5.91 Å². The maximum Gasteiger partial charge on any atom is 0.259 e. The first kappa shape index (κ1) is 17.8. The van der Waals surface area contributed by atoms with Crippen LogP contribution in [0.3, 0.4) is 0 Å². The van der Waals surface area contributed by atoms with Gasteiger partial charge in [0.05, 0.1) is 25.5 Å². The van der Waals surface area contributed by atoms with E-state index in [2.05, 4.69) is 5.32 Å². The van der Waals surface area contributed by atoms with Gasteiger partial charge in [0.1, 0.15) is 11.5 Å². The van der Waals surface area contributed by atoms with Crippen molar-refractivity contribution >= 4 is 23.2 Å². The van der Waals surface area contributed by atoms with Gasteiger partial charge in [-0.1, -0.05) is 12.1 Å². The van der Waals surface area contributed by atoms with Crippen molar-refractivity contribution < 1.29 is 19.1 Å². The highest BCUT2D eigenvalue weighted by molar-refractivity contribution is 6.06. The lowest BCUT2D eigenvalue weighted by Gasteiger charge is -2.28. The summed E-state index contributed by atoms with van der Waals surface area (Å²) in [6.07, 6.45) is 2.38. The van der Waals surface area contributed by atoms with Gasteiger partial charge in [0.25, 0.3) is 5.91 Å². The van der Waals surface area contributed by atoms with Crippen molar-refractivity contribution in [2.24, 2.45) is 0 Å². The van der Waals surface area contributed by atoms with E-state index in [0.29, 0.717) is 41.4 Å². The number of carbonyl (C=O) groups excluding carboxylic acids is 2. The van der Waals surface area contributed by atoms with Gasteiger partial charge in [-0.05, 0) is 43.2 Å². The largest absolute Gasteiger partial charge is 0.496 e. The Kier molecular flexibility index (Phi) is 5.41. The smallest absolute Gasteiger partial charge is 0.259 e. The third-order valence-electron chi connectivity index (χ3n) is 4.40. The molecule has 0 saturated carbocycles. The molecular formula is C20H22N2O4. The van der Waals surface area contributed by atoms with E-state index in [4.69, 9.17) is 9.47 Å². The van der Waals surface area contributed by atoms with Crippen molar-refractivity contribution in [3.05, 3.63) is 48.0 Å². The molecule has 3 rings (SSSR count). The van der Waals surface area contributed by atoms with Crippen LogP contribution in [0, 0.1) is 0 Å². The van der Waals surface area contributed by atoms with E-state index in [1.807, 2.05) is 6.07 Å². The lowest BCUT2D eigenvalue weighted by atomic mass is 10.1. The van der Waals surface area contributed by atoms with Gasteiger partial charge >= 0.3 is 0 Å². The highest BCUT2D eigenvalue weighted by Crippen LogP contribution is 2.34. The minimum atomic E-state index is -0.275. The van der Waals surface area contributed by atoms with Crippen LogP contribution < -0.4 is 19.7 Å². The van der Waals surface area contributed by atoms with E-state index >= 15 is 0 Å². The molecule has 1 aliphatic heterocycles. The monoisotopic (exact) mass is 354 g/mol. The van der Waals surface area contributed by atoms with E-state index < -0.39 is 0 Å². The Morgan fingerprint density at radius 3 is 2.54 bits per heavy atom. The molecule has 0 atom stereocenters. The van der Waals surface area contributed by atoms with Gasteiger partial charge in [-0.25, -0.2) is 0 Å². The van der Waals surface area contributed by atoms with Gasteiger partial charge < -0.3 is 19.7 Å². The standard InChI is InChI=1S/C20H22N2O4/c1-25-17-8-4-3-7-15(17)20(24)21-14-10-11-18(26-2)16(13-14)22-12-6-5-9-19(22)23/h3-4,7-8,10-11,13H,5-6,9,12H2,1-2H3,(H,21,24). The Bertz CT molecular complexity index is 819. The average molecular weight is 354 g/mol. The molecule has 0 bridgehead atoms. The van der Waals surface area contributed by atoms with Gasteiger partial charge in [0, 0.05) is 18.7 Å². The molecule has 0 aliphatic carbocycles. The summed E-state index contributed by atoms with van der Waals surface area (Å²) in [4.78, 5) is 26.6. The molecule has 2 aromatic carbocycles. The number of methoxy groups -OCH3 is 2. The Labute approximate surface area is 152 Å². The highest BCUT2D eigenvalue weighted by atomic mass is 16.5. The molecule has 1 fully saturated rings. The lowest BCUT2D eigenvalue weighted by molar-refractivity contribution is -0.119. The summed E-state index contributed by atoms with van der Waals surface area (Å²) >= 11 is 0. The van der Waals surface area contributed by atoms with E-state index in [0.717, 1.165) is 12.8 Å². The van der Waals surface area contributed by atoms with Gasteiger partial charge in [-0.3, -0.25) is 9.59 Å². The molecule has 0 aromatic heterocycles. The Morgan fingerprint density at radius 1 is 1.04 bits per heavy atom. The summed E-state index contributed by atoms with van der Waals surface area (Å²) in [5.74, 6) is 0.909. The molecule has 6 nitrogen and oxygen atoms in total. The molecule has 1 N–H and O–H groups in total. The maximum atomic E-state index is 12.6. The van der Waals surface area contributed by atoms with Crippen LogP contribution in [0.2, 0.25) is 0 Å². The highest BCUT2D eigenvalue weighted by Gasteiger charge is 2.23. The van der Waals surface area contributed by atoms with Crippen molar-refractivity contribution in [1.82, 2.24) is 0 Å². The first-order valence-electron chi connectivity index (χ1n) is 8.57. The summed E-state index contributed by atoms with van der Waals surface area (Å²) in [7, 11) is 3.10. The zero-order chi connectivity index (χ0) is 18.5. The van der Waals surface area contributed by atoms with Crippen molar-refractivity contribution in [3.63, 3.8) is 0 Å². The number of amides is 2. The molecule has 26 heavy (non-hydrogen) atoms. The molecule has 1 heterocycles. The minimum Gasteiger partial charge on any atom is -0.496 e. The van der Waals surface area contributed by atoms with Crippen LogP contribution >= 0.6 is 0 Å². The lowest BCUT2D eigenvalue weighted by Crippen LogP contribution is -2.35. The van der Waals surface area contributed by atoms with Crippen LogP contribution in [0.1, 0.15) is 29.6 Å². The maximum absolute atomic E-state index is 12.6. The number of piperidine rings is 1. The summed E-state index contributed by atoms with van der Waals surface area (Å²) in [6.45, 7) is 0.652. The number of benzene rings is 2. The molecule has 0 radical (unpaired) electrons. The van der Waals surface area contributed by atoms with E-state index in [-0.39, 0.29) is 11.8 Å². The molecule has 0 unspecified atom stereocenters. The van der Waals surface area contributed by atoms with Crippen LogP contribution in [0.5, 0.6) is 11.5 Å². The van der Waals surface area contributed by atoms with E-state index in [1.54, 1.807) is 48.4 Å². The van der Waals surface area contributed by atoms with E-state index in [9.17, 15) is 9.59 Å². The fourth-order valence-corrected chi connectivity index (χ4v) is 3.07. The zero-order valence-electron chi connectivity index (χ0n) is 15.0. The number of hydrogen-bond donors (Lipinski definition) is 1. The van der Waals surface area contributed by atoms with Crippen LogP contribution in [0.4, 0.5) is 11.4 Å². The number of para-hydroxylation sites is 1. The third-order valence-corrected chi connectivity index (χ3v) is 4.40. The first-order chi connectivity index (χ1) is 12.6. The molecular weight excluding hydrogens is 332 g/mol. The second-order valence-electron chi connectivity index (χ2n) is 6.04. The first-order valence-corrected chi connectivity index (χ1v) is 8.57. The number of rotatable bonds is 5. The zero-order valence-corrected chi connectivity index (χ0v) is 15.0. The van der Waals surface area contributed by atoms with Crippen LogP contribution in [-0.4, -0.2) is 32.6 Å². The average Bonchev–Trinajstić information content (AvgIpc) is 2.68. The number of hydrogen-bond acceptors (Lipinski definition) is 4. The molecule has 2 amide bonds. The van der Waals surface area contributed by atoms with Crippen LogP contribution in [0.15, 0.2) is 42.5 Å². The van der Waals surface area contributed by atoms with Gasteiger partial charge in [0.15, 0.2) is 0 Å². The van der Waals surface area contributed by atoms with Crippen LogP contribution in [-0.2, 0) is 4.79 Å². The summed E-state index contributed by atoms with van der Waals surface area (Å²) in [5, 5.41) is 2.87. The van der Waals surface area contributed by atoms with Crippen molar-refractivity contribution in [1.29, 1.82) is 0 Å². The second kappa shape index (κ2) is 7.91. The fourth-order valence-electron chi connectivity index (χ4n) is 3.07. The normalized spacial score (nSPS) is 14.1. The Morgan fingerprint density at radius 2 is 1.81 bits per heavy atom. The van der Waals surface area contributed by atoms with Crippen LogP contribution in [0.25, 0.3) is 0 Å². The molecule has 136 valence electrons. The molecule has 0 spiro atoms. The molecule has 1 saturated heterocycles. The minimum absolute atomic E-state index is 0.0720. The predicted octanol–water partition coefficient (Wildman–Crippen LogP) is 3.47. The Hall–Kier alpha value is -3.02. The van der Waals surface area contributed by atoms with Gasteiger partial charge in [-0.15, -0.1) is 0 Å². The van der Waals surface area contributed by atoms with Crippen molar-refractivity contribution in [2.75, 3.05) is 31.0 Å². The van der Waals surface area contributed by atoms with Crippen molar-refractivity contribution in [2.45, 2.75) is 19.3 Å². The van der Waals surface area contributed by atoms with Gasteiger partial charge in [-0.2, -0.15) is 0 Å². The molecule has 1 aliphatic rings. The number of nitrogens with zero attached hydrogens (tertiary/aromatic N) is 1. The summed E-state index contributed by atoms with van der Waals surface area (Å²) in [5.41, 5.74) is 1.71. The predicted molar refractivity (Wildman–Crippen MR) is 100 cm³/mol. The Balaban J connectivity index is 1.88. The summed E-state index contributed by atoms with van der Waals surface area (Å²) < 4.78 is 10.6. The number of carbonyl (C=O) groups is 2. The fraction of sp³-hybridized carbons (Fsp3) is 0.300. The summed E-state index contributed by atoms with van der Waals surface area (Å²) in [6, 6.07) is 12.3. The topological polar surface area (TPSA) is 67.9 Å². The molecule has 6 heteroatoms. The van der Waals surface area contributed by atoms with E-state index in [1.165, 1.54) is 7.11 Å². The number of ether oxygens (including phenoxy) is 2. The number of nitrogens with one attached hydrogen (secondary N) is 1. The molecule has 2 aromatic rings. The quantitative estimate of drug-likeness (QED) is 0.893. The SMILES string of the molecule is COc1ccccc1C(=O)Nc1ccc(OC)c(N2CCCCC2=O)c1. The second-order valence-corrected chi connectivity index (χ2v) is 6.04. The van der Waals surface area contributed by atoms with Crippen molar-refractivity contribution in [3.8, 4) is 11.5 Å².